The first-order valence-corrected chi connectivity index (χ1v) is 10.4. The molecule has 1 aliphatic rings. The molecule has 0 saturated carbocycles. The van der Waals surface area contributed by atoms with Gasteiger partial charge < -0.3 is 9.80 Å². The number of carbonyl (C=O) groups excluding carboxylic acids is 2. The normalized spacial score (nSPS) is 15.3. The smallest absolute Gasteiger partial charge is 0.255 e. The van der Waals surface area contributed by atoms with Crippen molar-refractivity contribution < 1.29 is 14.0 Å². The van der Waals surface area contributed by atoms with E-state index in [-0.39, 0.29) is 16.8 Å². The number of benzene rings is 2. The van der Waals surface area contributed by atoms with Crippen molar-refractivity contribution in [1.82, 2.24) is 9.80 Å². The molecule has 6 heteroatoms. The first kappa shape index (κ1) is 21.3. The first-order valence-electron chi connectivity index (χ1n) is 10.00. The van der Waals surface area contributed by atoms with E-state index in [1.807, 2.05) is 23.1 Å². The van der Waals surface area contributed by atoms with Crippen molar-refractivity contribution in [3.8, 4) is 0 Å². The lowest BCUT2D eigenvalue weighted by Crippen LogP contribution is -2.50. The Morgan fingerprint density at radius 2 is 1.69 bits per heavy atom. The van der Waals surface area contributed by atoms with Gasteiger partial charge in [0.2, 0.25) is 5.91 Å². The summed E-state index contributed by atoms with van der Waals surface area (Å²) in [6.07, 6.45) is 2.46. The number of halogens is 2. The third-order valence-electron chi connectivity index (χ3n) is 5.37. The molecule has 1 unspecified atom stereocenters. The maximum atomic E-state index is 13.2. The van der Waals surface area contributed by atoms with Crippen molar-refractivity contribution >= 4 is 23.4 Å². The lowest BCUT2D eigenvalue weighted by Gasteiger charge is -2.35. The summed E-state index contributed by atoms with van der Waals surface area (Å²) in [6, 6.07) is 14.1. The highest BCUT2D eigenvalue weighted by Gasteiger charge is 2.26. The summed E-state index contributed by atoms with van der Waals surface area (Å²) in [5.41, 5.74) is 1.58. The molecule has 0 N–H and O–H groups in total. The quantitative estimate of drug-likeness (QED) is 0.699. The van der Waals surface area contributed by atoms with Crippen LogP contribution < -0.4 is 0 Å². The highest BCUT2D eigenvalue weighted by molar-refractivity contribution is 6.33. The van der Waals surface area contributed by atoms with E-state index in [1.165, 1.54) is 17.7 Å². The molecular formula is C23H26ClFN2O2. The van der Waals surface area contributed by atoms with Crippen molar-refractivity contribution in [3.05, 3.63) is 70.5 Å². The zero-order valence-electron chi connectivity index (χ0n) is 16.6. The van der Waals surface area contributed by atoms with Crippen LogP contribution in [0, 0.1) is 11.7 Å². The van der Waals surface area contributed by atoms with Gasteiger partial charge in [-0.25, -0.2) is 4.39 Å². The molecule has 2 aromatic carbocycles. The Balaban J connectivity index is 1.45. The van der Waals surface area contributed by atoms with E-state index in [9.17, 15) is 14.0 Å². The van der Waals surface area contributed by atoms with E-state index in [0.29, 0.717) is 44.1 Å². The fourth-order valence-electron chi connectivity index (χ4n) is 3.58. The predicted molar refractivity (Wildman–Crippen MR) is 112 cm³/mol. The van der Waals surface area contributed by atoms with E-state index in [0.717, 1.165) is 18.9 Å². The van der Waals surface area contributed by atoms with Crippen LogP contribution in [0.2, 0.25) is 5.02 Å². The predicted octanol–water partition coefficient (Wildman–Crippen LogP) is 4.42. The van der Waals surface area contributed by atoms with E-state index in [2.05, 4.69) is 19.1 Å². The Morgan fingerprint density at radius 3 is 2.34 bits per heavy atom. The van der Waals surface area contributed by atoms with Gasteiger partial charge >= 0.3 is 0 Å². The minimum absolute atomic E-state index is 0.112. The molecule has 1 heterocycles. The number of piperazine rings is 1. The second-order valence-electron chi connectivity index (χ2n) is 7.63. The standard InChI is InChI=1S/C23H26ClFN2O2/c1-17(7-8-18-5-3-2-4-6-18)15-22(28)26-11-13-27(14-12-26)23(29)20-10-9-19(25)16-21(20)24/h2-6,9-10,16-17H,7-8,11-15H2,1H3. The van der Waals surface area contributed by atoms with Crippen LogP contribution in [0.4, 0.5) is 4.39 Å². The van der Waals surface area contributed by atoms with Crippen LogP contribution in [0.3, 0.4) is 0 Å². The van der Waals surface area contributed by atoms with E-state index < -0.39 is 5.82 Å². The second kappa shape index (κ2) is 9.88. The fourth-order valence-corrected chi connectivity index (χ4v) is 3.83. The Kier molecular flexibility index (Phi) is 7.26. The SMILES string of the molecule is CC(CCc1ccccc1)CC(=O)N1CCN(C(=O)c2ccc(F)cc2Cl)CC1. The molecule has 1 fully saturated rings. The highest BCUT2D eigenvalue weighted by Crippen LogP contribution is 2.20. The average molecular weight is 417 g/mol. The molecule has 0 radical (unpaired) electrons. The van der Waals surface area contributed by atoms with Gasteiger partial charge in [-0.05, 0) is 42.5 Å². The molecule has 0 bridgehead atoms. The van der Waals surface area contributed by atoms with Gasteiger partial charge in [0.25, 0.3) is 5.91 Å². The van der Waals surface area contributed by atoms with Gasteiger partial charge in [-0.15, -0.1) is 0 Å². The number of rotatable bonds is 6. The maximum absolute atomic E-state index is 13.2. The first-order chi connectivity index (χ1) is 13.9. The summed E-state index contributed by atoms with van der Waals surface area (Å²) >= 11 is 6.00. The van der Waals surface area contributed by atoms with Crippen molar-refractivity contribution in [3.63, 3.8) is 0 Å². The number of nitrogens with zero attached hydrogens (tertiary/aromatic N) is 2. The number of hydrogen-bond acceptors (Lipinski definition) is 2. The largest absolute Gasteiger partial charge is 0.339 e. The summed E-state index contributed by atoms with van der Waals surface area (Å²) in [7, 11) is 0. The van der Waals surface area contributed by atoms with Crippen LogP contribution in [0.5, 0.6) is 0 Å². The Hall–Kier alpha value is -2.40. The molecule has 2 aromatic rings. The molecule has 1 atom stereocenters. The monoisotopic (exact) mass is 416 g/mol. The Bertz CT molecular complexity index is 851. The summed E-state index contributed by atoms with van der Waals surface area (Å²) < 4.78 is 13.2. The molecule has 1 saturated heterocycles. The van der Waals surface area contributed by atoms with Gasteiger partial charge in [-0.3, -0.25) is 9.59 Å². The number of carbonyl (C=O) groups is 2. The molecular weight excluding hydrogens is 391 g/mol. The molecule has 2 amide bonds. The van der Waals surface area contributed by atoms with Crippen LogP contribution in [-0.4, -0.2) is 47.8 Å². The zero-order chi connectivity index (χ0) is 20.8. The van der Waals surface area contributed by atoms with Gasteiger partial charge in [0.15, 0.2) is 0 Å². The summed E-state index contributed by atoms with van der Waals surface area (Å²) in [5.74, 6) is -0.250. The molecule has 0 aromatic heterocycles. The number of amides is 2. The Labute approximate surface area is 176 Å². The topological polar surface area (TPSA) is 40.6 Å². The molecule has 3 rings (SSSR count). The van der Waals surface area contributed by atoms with Gasteiger partial charge in [0.05, 0.1) is 10.6 Å². The van der Waals surface area contributed by atoms with Crippen LogP contribution in [0.15, 0.2) is 48.5 Å². The van der Waals surface area contributed by atoms with Gasteiger partial charge in [0.1, 0.15) is 5.82 Å². The maximum Gasteiger partial charge on any atom is 0.255 e. The van der Waals surface area contributed by atoms with E-state index >= 15 is 0 Å². The van der Waals surface area contributed by atoms with Crippen molar-refractivity contribution in [2.45, 2.75) is 26.2 Å². The van der Waals surface area contributed by atoms with Crippen molar-refractivity contribution in [2.24, 2.45) is 5.92 Å². The Morgan fingerprint density at radius 1 is 1.03 bits per heavy atom. The number of hydrogen-bond donors (Lipinski definition) is 0. The fraction of sp³-hybridized carbons (Fsp3) is 0.391. The lowest BCUT2D eigenvalue weighted by molar-refractivity contribution is -0.133. The third kappa shape index (κ3) is 5.80. The third-order valence-corrected chi connectivity index (χ3v) is 5.69. The second-order valence-corrected chi connectivity index (χ2v) is 8.04. The lowest BCUT2D eigenvalue weighted by atomic mass is 9.97. The summed E-state index contributed by atoms with van der Waals surface area (Å²) in [4.78, 5) is 28.7. The van der Waals surface area contributed by atoms with Crippen molar-refractivity contribution in [1.29, 1.82) is 0 Å². The highest BCUT2D eigenvalue weighted by atomic mass is 35.5. The van der Waals surface area contributed by atoms with Gasteiger partial charge in [-0.1, -0.05) is 48.9 Å². The molecule has 29 heavy (non-hydrogen) atoms. The molecule has 4 nitrogen and oxygen atoms in total. The minimum atomic E-state index is -0.469. The van der Waals surface area contributed by atoms with Crippen LogP contribution in [0.25, 0.3) is 0 Å². The van der Waals surface area contributed by atoms with E-state index in [4.69, 9.17) is 11.6 Å². The van der Waals surface area contributed by atoms with Crippen LogP contribution in [-0.2, 0) is 11.2 Å². The van der Waals surface area contributed by atoms with Crippen LogP contribution >= 0.6 is 11.6 Å². The van der Waals surface area contributed by atoms with Crippen LogP contribution in [0.1, 0.15) is 35.7 Å². The minimum Gasteiger partial charge on any atom is -0.339 e. The molecule has 1 aliphatic heterocycles. The summed E-state index contributed by atoms with van der Waals surface area (Å²) in [5, 5.41) is 0.112. The molecule has 154 valence electrons. The molecule has 0 aliphatic carbocycles. The molecule has 0 spiro atoms. The average Bonchev–Trinajstić information content (AvgIpc) is 2.72. The number of aryl methyl sites for hydroxylation is 1. The summed E-state index contributed by atoms with van der Waals surface area (Å²) in [6.45, 7) is 4.04. The van der Waals surface area contributed by atoms with E-state index in [1.54, 1.807) is 4.90 Å². The zero-order valence-corrected chi connectivity index (χ0v) is 17.4. The van der Waals surface area contributed by atoms with Crippen molar-refractivity contribution in [2.75, 3.05) is 26.2 Å². The van der Waals surface area contributed by atoms with Gasteiger partial charge in [0, 0.05) is 32.6 Å². The van der Waals surface area contributed by atoms with Gasteiger partial charge in [-0.2, -0.15) is 0 Å².